The lowest BCUT2D eigenvalue weighted by molar-refractivity contribution is -0.123. The average molecular weight is 532 g/mol. The third-order valence-electron chi connectivity index (χ3n) is 6.42. The molecular formula is C24H34BrN7O2. The second kappa shape index (κ2) is 12.2. The predicted octanol–water partition coefficient (Wildman–Crippen LogP) is 2.11. The second-order valence-electron chi connectivity index (χ2n) is 9.09. The van der Waals surface area contributed by atoms with Gasteiger partial charge >= 0.3 is 0 Å². The van der Waals surface area contributed by atoms with E-state index < -0.39 is 0 Å². The highest BCUT2D eigenvalue weighted by Crippen LogP contribution is 2.20. The molecule has 0 atom stereocenters. The molecule has 2 N–H and O–H groups in total. The van der Waals surface area contributed by atoms with E-state index >= 15 is 0 Å². The molecule has 184 valence electrons. The number of hydrogen-bond donors (Lipinski definition) is 2. The lowest BCUT2D eigenvalue weighted by atomic mass is 9.91. The Morgan fingerprint density at radius 3 is 2.21 bits per heavy atom. The first kappa shape index (κ1) is 26.0. The van der Waals surface area contributed by atoms with Gasteiger partial charge in [0.05, 0.1) is 18.4 Å². The van der Waals surface area contributed by atoms with Crippen molar-refractivity contribution in [3.05, 3.63) is 36.0 Å². The summed E-state index contributed by atoms with van der Waals surface area (Å²) in [5.74, 6) is 0.725. The zero-order valence-electron chi connectivity index (χ0n) is 19.9. The first-order valence-electron chi connectivity index (χ1n) is 11.8. The Balaban J connectivity index is 0.00000324. The van der Waals surface area contributed by atoms with Crippen LogP contribution in [0, 0.1) is 6.92 Å². The fourth-order valence-electron chi connectivity index (χ4n) is 4.54. The number of carbonyl (C=O) groups excluding carboxylic acids is 2. The van der Waals surface area contributed by atoms with Crippen molar-refractivity contribution in [1.29, 1.82) is 0 Å². The summed E-state index contributed by atoms with van der Waals surface area (Å²) in [5, 5.41) is 14.5. The van der Waals surface area contributed by atoms with Crippen LogP contribution in [0.15, 0.2) is 30.5 Å². The van der Waals surface area contributed by atoms with Gasteiger partial charge in [-0.2, -0.15) is 5.10 Å². The monoisotopic (exact) mass is 531 g/mol. The van der Waals surface area contributed by atoms with E-state index in [2.05, 4.69) is 49.7 Å². The van der Waals surface area contributed by atoms with Crippen molar-refractivity contribution in [1.82, 2.24) is 30.7 Å². The number of aryl methyl sites for hydroxylation is 1. The van der Waals surface area contributed by atoms with Gasteiger partial charge in [-0.1, -0.05) is 29.8 Å². The van der Waals surface area contributed by atoms with Gasteiger partial charge in [-0.25, -0.2) is 4.98 Å². The number of anilines is 1. The SMILES string of the molecule is Br.CC(=O)NC1CCC(NC(=O)CN2CCN(c3nncc(-c4ccc(C)cc4)n3)CC2)CC1. The molecule has 2 fully saturated rings. The Morgan fingerprint density at radius 2 is 1.59 bits per heavy atom. The number of aromatic nitrogens is 3. The van der Waals surface area contributed by atoms with Gasteiger partial charge in [-0.05, 0) is 32.6 Å². The average Bonchev–Trinajstić information content (AvgIpc) is 2.81. The van der Waals surface area contributed by atoms with Crippen LogP contribution in [-0.4, -0.2) is 76.7 Å². The third-order valence-corrected chi connectivity index (χ3v) is 6.42. The van der Waals surface area contributed by atoms with Crippen LogP contribution in [0.2, 0.25) is 0 Å². The van der Waals surface area contributed by atoms with Crippen molar-refractivity contribution in [3.63, 3.8) is 0 Å². The van der Waals surface area contributed by atoms with E-state index in [0.717, 1.165) is 63.1 Å². The minimum absolute atomic E-state index is 0. The molecule has 1 aromatic heterocycles. The predicted molar refractivity (Wildman–Crippen MR) is 137 cm³/mol. The van der Waals surface area contributed by atoms with Gasteiger partial charge in [0.1, 0.15) is 0 Å². The van der Waals surface area contributed by atoms with Crippen molar-refractivity contribution in [2.24, 2.45) is 0 Å². The number of carbonyl (C=O) groups is 2. The van der Waals surface area contributed by atoms with Crippen LogP contribution < -0.4 is 15.5 Å². The van der Waals surface area contributed by atoms with Crippen LogP contribution in [0.1, 0.15) is 38.2 Å². The van der Waals surface area contributed by atoms with Crippen LogP contribution in [0.25, 0.3) is 11.3 Å². The molecule has 0 radical (unpaired) electrons. The molecule has 1 saturated carbocycles. The highest BCUT2D eigenvalue weighted by molar-refractivity contribution is 8.93. The van der Waals surface area contributed by atoms with Crippen molar-refractivity contribution < 1.29 is 9.59 Å². The van der Waals surface area contributed by atoms with Gasteiger partial charge in [0.2, 0.25) is 17.8 Å². The molecule has 2 aromatic rings. The molecular weight excluding hydrogens is 498 g/mol. The standard InChI is InChI=1S/C24H33N7O2.BrH/c1-17-3-5-19(6-4-17)22-15-25-29-24(28-22)31-13-11-30(12-14-31)16-23(33)27-21-9-7-20(8-10-21)26-18(2)32;/h3-6,15,20-21H,7-14,16H2,1-2H3,(H,26,32)(H,27,33);1H. The van der Waals surface area contributed by atoms with E-state index in [4.69, 9.17) is 4.98 Å². The Bertz CT molecular complexity index is 956. The maximum Gasteiger partial charge on any atom is 0.245 e. The van der Waals surface area contributed by atoms with Gasteiger partial charge in [-0.15, -0.1) is 22.1 Å². The summed E-state index contributed by atoms with van der Waals surface area (Å²) in [5.41, 5.74) is 3.05. The van der Waals surface area contributed by atoms with E-state index in [1.807, 2.05) is 12.1 Å². The van der Waals surface area contributed by atoms with E-state index in [1.54, 1.807) is 13.1 Å². The number of nitrogens with zero attached hydrogens (tertiary/aromatic N) is 5. The first-order valence-corrected chi connectivity index (χ1v) is 11.8. The van der Waals surface area contributed by atoms with E-state index in [0.29, 0.717) is 12.5 Å². The number of rotatable bonds is 6. The maximum atomic E-state index is 12.5. The molecule has 2 aliphatic rings. The molecule has 1 saturated heterocycles. The smallest absolute Gasteiger partial charge is 0.245 e. The maximum absolute atomic E-state index is 12.5. The molecule has 0 bridgehead atoms. The molecule has 34 heavy (non-hydrogen) atoms. The highest BCUT2D eigenvalue weighted by atomic mass is 79.9. The van der Waals surface area contributed by atoms with Crippen LogP contribution >= 0.6 is 17.0 Å². The Kier molecular flexibility index (Phi) is 9.35. The van der Waals surface area contributed by atoms with Gasteiger partial charge in [-0.3, -0.25) is 14.5 Å². The number of amides is 2. The number of halogens is 1. The summed E-state index contributed by atoms with van der Waals surface area (Å²) in [6.07, 6.45) is 5.34. The summed E-state index contributed by atoms with van der Waals surface area (Å²) in [4.78, 5) is 32.8. The zero-order chi connectivity index (χ0) is 23.2. The number of benzene rings is 1. The molecule has 1 aromatic carbocycles. The largest absolute Gasteiger partial charge is 0.354 e. The van der Waals surface area contributed by atoms with Crippen LogP contribution in [0.3, 0.4) is 0 Å². The topological polar surface area (TPSA) is 103 Å². The molecule has 9 nitrogen and oxygen atoms in total. The highest BCUT2D eigenvalue weighted by Gasteiger charge is 2.25. The second-order valence-corrected chi connectivity index (χ2v) is 9.09. The Labute approximate surface area is 211 Å². The molecule has 2 heterocycles. The molecule has 0 unspecified atom stereocenters. The van der Waals surface area contributed by atoms with Crippen molar-refractivity contribution in [2.45, 2.75) is 51.6 Å². The first-order chi connectivity index (χ1) is 16.0. The quantitative estimate of drug-likeness (QED) is 0.588. The van der Waals surface area contributed by atoms with Gasteiger partial charge in [0.15, 0.2) is 0 Å². The number of nitrogens with one attached hydrogen (secondary N) is 2. The normalized spacial score (nSPS) is 20.8. The number of piperazine rings is 1. The summed E-state index contributed by atoms with van der Waals surface area (Å²) >= 11 is 0. The molecule has 1 aliphatic heterocycles. The van der Waals surface area contributed by atoms with Crippen molar-refractivity contribution in [3.8, 4) is 11.3 Å². The molecule has 4 rings (SSSR count). The lowest BCUT2D eigenvalue weighted by Crippen LogP contribution is -2.51. The van der Waals surface area contributed by atoms with Crippen LogP contribution in [0.5, 0.6) is 0 Å². The zero-order valence-corrected chi connectivity index (χ0v) is 21.6. The van der Waals surface area contributed by atoms with Gasteiger partial charge < -0.3 is 15.5 Å². The fraction of sp³-hybridized carbons (Fsp3) is 0.542. The van der Waals surface area contributed by atoms with Crippen molar-refractivity contribution in [2.75, 3.05) is 37.6 Å². The summed E-state index contributed by atoms with van der Waals surface area (Å²) in [6.45, 7) is 7.09. The molecule has 0 spiro atoms. The minimum Gasteiger partial charge on any atom is -0.354 e. The summed E-state index contributed by atoms with van der Waals surface area (Å²) in [6, 6.07) is 8.67. The lowest BCUT2D eigenvalue weighted by Gasteiger charge is -2.35. The van der Waals surface area contributed by atoms with Crippen molar-refractivity contribution >= 4 is 34.7 Å². The Hall–Kier alpha value is -2.59. The van der Waals surface area contributed by atoms with Gasteiger partial charge in [0, 0.05) is 50.7 Å². The molecule has 1 aliphatic carbocycles. The van der Waals surface area contributed by atoms with E-state index in [-0.39, 0.29) is 40.9 Å². The van der Waals surface area contributed by atoms with E-state index in [1.165, 1.54) is 5.56 Å². The third kappa shape index (κ3) is 7.20. The minimum atomic E-state index is 0. The summed E-state index contributed by atoms with van der Waals surface area (Å²) < 4.78 is 0. The molecule has 2 amide bonds. The van der Waals surface area contributed by atoms with Gasteiger partial charge in [0.25, 0.3) is 0 Å². The van der Waals surface area contributed by atoms with Crippen LogP contribution in [0.4, 0.5) is 5.95 Å². The van der Waals surface area contributed by atoms with Crippen LogP contribution in [-0.2, 0) is 9.59 Å². The number of hydrogen-bond acceptors (Lipinski definition) is 7. The fourth-order valence-corrected chi connectivity index (χ4v) is 4.54. The summed E-state index contributed by atoms with van der Waals surface area (Å²) in [7, 11) is 0. The molecule has 10 heteroatoms. The Morgan fingerprint density at radius 1 is 0.971 bits per heavy atom. The van der Waals surface area contributed by atoms with E-state index in [9.17, 15) is 9.59 Å².